The van der Waals surface area contributed by atoms with Crippen molar-refractivity contribution in [2.45, 2.75) is 53.2 Å². The van der Waals surface area contributed by atoms with Gasteiger partial charge in [-0.2, -0.15) is 0 Å². The summed E-state index contributed by atoms with van der Waals surface area (Å²) in [6, 6.07) is 12.8. The Kier molecular flexibility index (Phi) is 8.26. The molecule has 6 heteroatoms. The summed E-state index contributed by atoms with van der Waals surface area (Å²) in [4.78, 5) is 27.1. The number of benzene rings is 2. The lowest BCUT2D eigenvalue weighted by atomic mass is 10.1. The molecule has 0 aliphatic rings. The second kappa shape index (κ2) is 10.4. The summed E-state index contributed by atoms with van der Waals surface area (Å²) >= 11 is 3.45. The SMILES string of the molecule is Cc1ccc(OCC(=O)N(Cc2cccc(Br)c2)C(C)C(=O)NC(C)C)cc1C. The number of aryl methyl sites for hydroxylation is 2. The quantitative estimate of drug-likeness (QED) is 0.635. The van der Waals surface area contributed by atoms with Gasteiger partial charge < -0.3 is 15.0 Å². The van der Waals surface area contributed by atoms with Crippen molar-refractivity contribution in [1.29, 1.82) is 0 Å². The van der Waals surface area contributed by atoms with Gasteiger partial charge in [0.25, 0.3) is 5.91 Å². The predicted molar refractivity (Wildman–Crippen MR) is 119 cm³/mol. The van der Waals surface area contributed by atoms with Gasteiger partial charge in [0.2, 0.25) is 5.91 Å². The third-order valence-electron chi connectivity index (χ3n) is 4.68. The van der Waals surface area contributed by atoms with Crippen molar-refractivity contribution >= 4 is 27.7 Å². The lowest BCUT2D eigenvalue weighted by Crippen LogP contribution is -2.50. The number of carbonyl (C=O) groups is 2. The Hall–Kier alpha value is -2.34. The fourth-order valence-electron chi connectivity index (χ4n) is 2.85. The minimum Gasteiger partial charge on any atom is -0.484 e. The van der Waals surface area contributed by atoms with Crippen LogP contribution >= 0.6 is 15.9 Å². The first-order chi connectivity index (χ1) is 13.7. The molecule has 0 aliphatic carbocycles. The van der Waals surface area contributed by atoms with Crippen LogP contribution in [0.4, 0.5) is 0 Å². The Morgan fingerprint density at radius 2 is 1.79 bits per heavy atom. The topological polar surface area (TPSA) is 58.6 Å². The minimum atomic E-state index is -0.618. The van der Waals surface area contributed by atoms with Crippen molar-refractivity contribution in [1.82, 2.24) is 10.2 Å². The van der Waals surface area contributed by atoms with E-state index in [1.165, 1.54) is 5.56 Å². The number of amides is 2. The van der Waals surface area contributed by atoms with Gasteiger partial charge in [0.15, 0.2) is 6.61 Å². The molecule has 2 amide bonds. The Morgan fingerprint density at radius 1 is 1.07 bits per heavy atom. The predicted octanol–water partition coefficient (Wildman–Crippen LogP) is 4.39. The Bertz CT molecular complexity index is 867. The van der Waals surface area contributed by atoms with E-state index in [1.807, 2.05) is 70.2 Å². The molecule has 2 aromatic rings. The summed E-state index contributed by atoms with van der Waals surface area (Å²) < 4.78 is 6.65. The molecule has 2 rings (SSSR count). The summed E-state index contributed by atoms with van der Waals surface area (Å²) in [5.74, 6) is 0.215. The van der Waals surface area contributed by atoms with Crippen LogP contribution in [0.5, 0.6) is 5.75 Å². The number of halogens is 1. The van der Waals surface area contributed by atoms with Crippen LogP contribution in [0.3, 0.4) is 0 Å². The molecule has 2 aromatic carbocycles. The van der Waals surface area contributed by atoms with Gasteiger partial charge in [-0.05, 0) is 75.6 Å². The number of hydrogen-bond donors (Lipinski definition) is 1. The molecular weight excluding hydrogens is 432 g/mol. The van der Waals surface area contributed by atoms with Gasteiger partial charge in [-0.3, -0.25) is 9.59 Å². The Labute approximate surface area is 181 Å². The maximum atomic E-state index is 13.0. The van der Waals surface area contributed by atoms with Crippen LogP contribution in [-0.2, 0) is 16.1 Å². The van der Waals surface area contributed by atoms with Crippen LogP contribution < -0.4 is 10.1 Å². The van der Waals surface area contributed by atoms with Crippen LogP contribution in [0.1, 0.15) is 37.5 Å². The van der Waals surface area contributed by atoms with E-state index in [4.69, 9.17) is 4.74 Å². The average Bonchev–Trinajstić information content (AvgIpc) is 2.65. The van der Waals surface area contributed by atoms with E-state index in [1.54, 1.807) is 11.8 Å². The van der Waals surface area contributed by atoms with Crippen molar-refractivity contribution in [3.63, 3.8) is 0 Å². The standard InChI is InChI=1S/C23H29BrN2O3/c1-15(2)25-23(28)18(5)26(13-19-7-6-8-20(24)12-19)22(27)14-29-21-10-9-16(3)17(4)11-21/h6-12,15,18H,13-14H2,1-5H3,(H,25,28). The third kappa shape index (κ3) is 6.89. The van der Waals surface area contributed by atoms with E-state index in [0.717, 1.165) is 15.6 Å². The molecule has 1 atom stereocenters. The number of ether oxygens (including phenoxy) is 1. The van der Waals surface area contributed by atoms with Gasteiger partial charge >= 0.3 is 0 Å². The second-order valence-electron chi connectivity index (χ2n) is 7.53. The highest BCUT2D eigenvalue weighted by atomic mass is 79.9. The Balaban J connectivity index is 2.16. The summed E-state index contributed by atoms with van der Waals surface area (Å²) in [6.07, 6.45) is 0. The number of rotatable bonds is 8. The van der Waals surface area contributed by atoms with Crippen molar-refractivity contribution in [3.05, 3.63) is 63.6 Å². The molecule has 0 saturated carbocycles. The summed E-state index contributed by atoms with van der Waals surface area (Å²) in [6.45, 7) is 9.75. The molecule has 1 unspecified atom stereocenters. The highest BCUT2D eigenvalue weighted by Crippen LogP contribution is 2.18. The van der Waals surface area contributed by atoms with Crippen LogP contribution in [-0.4, -0.2) is 35.4 Å². The average molecular weight is 461 g/mol. The van der Waals surface area contributed by atoms with E-state index in [0.29, 0.717) is 12.3 Å². The number of nitrogens with one attached hydrogen (secondary N) is 1. The third-order valence-corrected chi connectivity index (χ3v) is 5.17. The largest absolute Gasteiger partial charge is 0.484 e. The molecule has 0 saturated heterocycles. The fourth-order valence-corrected chi connectivity index (χ4v) is 3.30. The fraction of sp³-hybridized carbons (Fsp3) is 0.391. The molecule has 0 bridgehead atoms. The molecule has 0 aromatic heterocycles. The van der Waals surface area contributed by atoms with Crippen molar-refractivity contribution in [3.8, 4) is 5.75 Å². The monoisotopic (exact) mass is 460 g/mol. The summed E-state index contributed by atoms with van der Waals surface area (Å²) in [5, 5.41) is 2.88. The molecule has 0 spiro atoms. The van der Waals surface area contributed by atoms with E-state index in [-0.39, 0.29) is 24.5 Å². The zero-order valence-electron chi connectivity index (χ0n) is 17.7. The normalized spacial score (nSPS) is 11.8. The summed E-state index contributed by atoms with van der Waals surface area (Å²) in [7, 11) is 0. The van der Waals surface area contributed by atoms with Crippen LogP contribution in [0.2, 0.25) is 0 Å². The van der Waals surface area contributed by atoms with Gasteiger partial charge in [-0.25, -0.2) is 0 Å². The maximum Gasteiger partial charge on any atom is 0.261 e. The lowest BCUT2D eigenvalue weighted by Gasteiger charge is -2.29. The van der Waals surface area contributed by atoms with Crippen molar-refractivity contribution in [2.24, 2.45) is 0 Å². The van der Waals surface area contributed by atoms with Gasteiger partial charge in [0.1, 0.15) is 11.8 Å². The number of hydrogen-bond acceptors (Lipinski definition) is 3. The van der Waals surface area contributed by atoms with Crippen molar-refractivity contribution < 1.29 is 14.3 Å². The van der Waals surface area contributed by atoms with Crippen LogP contribution in [0.15, 0.2) is 46.9 Å². The molecule has 156 valence electrons. The highest BCUT2D eigenvalue weighted by molar-refractivity contribution is 9.10. The van der Waals surface area contributed by atoms with E-state index in [2.05, 4.69) is 21.2 Å². The molecule has 0 radical (unpaired) electrons. The Morgan fingerprint density at radius 3 is 2.41 bits per heavy atom. The van der Waals surface area contributed by atoms with E-state index >= 15 is 0 Å². The molecule has 0 fully saturated rings. The van der Waals surface area contributed by atoms with Gasteiger partial charge in [-0.15, -0.1) is 0 Å². The van der Waals surface area contributed by atoms with E-state index < -0.39 is 6.04 Å². The summed E-state index contributed by atoms with van der Waals surface area (Å²) in [5.41, 5.74) is 3.20. The second-order valence-corrected chi connectivity index (χ2v) is 8.44. The first-order valence-corrected chi connectivity index (χ1v) is 10.5. The smallest absolute Gasteiger partial charge is 0.261 e. The number of nitrogens with zero attached hydrogens (tertiary/aromatic N) is 1. The van der Waals surface area contributed by atoms with Crippen LogP contribution in [0, 0.1) is 13.8 Å². The minimum absolute atomic E-state index is 0.000412. The molecule has 0 heterocycles. The first kappa shape index (κ1) is 22.9. The molecular formula is C23H29BrN2O3. The zero-order chi connectivity index (χ0) is 21.6. The van der Waals surface area contributed by atoms with Crippen molar-refractivity contribution in [2.75, 3.05) is 6.61 Å². The molecule has 0 aliphatic heterocycles. The highest BCUT2D eigenvalue weighted by Gasteiger charge is 2.27. The zero-order valence-corrected chi connectivity index (χ0v) is 19.2. The van der Waals surface area contributed by atoms with Gasteiger partial charge in [-0.1, -0.05) is 34.1 Å². The number of carbonyl (C=O) groups excluding carboxylic acids is 2. The van der Waals surface area contributed by atoms with Gasteiger partial charge in [0.05, 0.1) is 0 Å². The van der Waals surface area contributed by atoms with Gasteiger partial charge in [0, 0.05) is 17.1 Å². The maximum absolute atomic E-state index is 13.0. The van der Waals surface area contributed by atoms with E-state index in [9.17, 15) is 9.59 Å². The lowest BCUT2D eigenvalue weighted by molar-refractivity contribution is -0.142. The molecule has 5 nitrogen and oxygen atoms in total. The molecule has 29 heavy (non-hydrogen) atoms. The molecule has 1 N–H and O–H groups in total. The van der Waals surface area contributed by atoms with Crippen LogP contribution in [0.25, 0.3) is 0 Å². The first-order valence-electron chi connectivity index (χ1n) is 9.71.